The van der Waals surface area contributed by atoms with Crippen molar-refractivity contribution in [1.82, 2.24) is 15.1 Å². The van der Waals surface area contributed by atoms with Crippen LogP contribution in [0.15, 0.2) is 30.5 Å². The minimum absolute atomic E-state index is 0.152. The van der Waals surface area contributed by atoms with E-state index in [2.05, 4.69) is 10.4 Å². The van der Waals surface area contributed by atoms with Gasteiger partial charge in [0.15, 0.2) is 6.73 Å². The van der Waals surface area contributed by atoms with Gasteiger partial charge in [-0.2, -0.15) is 5.10 Å². The summed E-state index contributed by atoms with van der Waals surface area (Å²) in [5.74, 6) is 0.362. The van der Waals surface area contributed by atoms with Crippen LogP contribution in [0.25, 0.3) is 0 Å². The molecule has 0 unspecified atom stereocenters. The summed E-state index contributed by atoms with van der Waals surface area (Å²) in [5.41, 5.74) is 0.382. The van der Waals surface area contributed by atoms with E-state index in [1.165, 1.54) is 4.68 Å². The zero-order chi connectivity index (χ0) is 14.8. The van der Waals surface area contributed by atoms with Crippen LogP contribution in [0, 0.1) is 0 Å². The number of halogens is 2. The van der Waals surface area contributed by atoms with Crippen LogP contribution in [0.2, 0.25) is 10.0 Å². The molecule has 0 aliphatic heterocycles. The highest BCUT2D eigenvalue weighted by atomic mass is 35.5. The molecule has 5 nitrogen and oxygen atoms in total. The molecule has 1 aromatic carbocycles. The van der Waals surface area contributed by atoms with Gasteiger partial charge in [0.25, 0.3) is 5.91 Å². The van der Waals surface area contributed by atoms with Crippen molar-refractivity contribution < 1.29 is 9.53 Å². The summed E-state index contributed by atoms with van der Waals surface area (Å²) < 4.78 is 7.08. The summed E-state index contributed by atoms with van der Waals surface area (Å²) in [4.78, 5) is 11.8. The van der Waals surface area contributed by atoms with Crippen molar-refractivity contribution in [2.75, 3.05) is 0 Å². The number of aromatic nitrogens is 2. The number of carbonyl (C=O) groups is 1. The number of carbonyl (C=O) groups excluding carboxylic acids is 1. The molecule has 0 bridgehead atoms. The van der Waals surface area contributed by atoms with Gasteiger partial charge in [-0.05, 0) is 37.1 Å². The quantitative estimate of drug-likeness (QED) is 0.918. The topological polar surface area (TPSA) is 56.2 Å². The van der Waals surface area contributed by atoms with Gasteiger partial charge in [0.1, 0.15) is 11.4 Å². The molecule has 1 aliphatic carbocycles. The molecule has 3 rings (SSSR count). The Balaban J connectivity index is 1.60. The first-order valence-corrected chi connectivity index (χ1v) is 7.29. The number of nitrogens with zero attached hydrogens (tertiary/aromatic N) is 2. The van der Waals surface area contributed by atoms with E-state index in [9.17, 15) is 4.79 Å². The van der Waals surface area contributed by atoms with E-state index in [-0.39, 0.29) is 12.6 Å². The van der Waals surface area contributed by atoms with E-state index < -0.39 is 0 Å². The van der Waals surface area contributed by atoms with E-state index >= 15 is 0 Å². The number of ether oxygens (including phenoxy) is 1. The van der Waals surface area contributed by atoms with E-state index in [0.29, 0.717) is 27.5 Å². The van der Waals surface area contributed by atoms with Gasteiger partial charge in [-0.3, -0.25) is 4.79 Å². The van der Waals surface area contributed by atoms with Crippen LogP contribution >= 0.6 is 23.2 Å². The monoisotopic (exact) mass is 325 g/mol. The second kappa shape index (κ2) is 5.95. The summed E-state index contributed by atoms with van der Waals surface area (Å²) in [7, 11) is 0. The Morgan fingerprint density at radius 1 is 1.38 bits per heavy atom. The Hall–Kier alpha value is -1.72. The lowest BCUT2D eigenvalue weighted by molar-refractivity contribution is 0.0944. The standard InChI is InChI=1S/C14H13Cl2N3O2/c15-9-1-4-13(11(16)7-9)21-8-19-6-5-12(18-19)14(20)17-10-2-3-10/h1,4-7,10H,2-3,8H2,(H,17,20). The van der Waals surface area contributed by atoms with Gasteiger partial charge in [0, 0.05) is 17.3 Å². The maximum atomic E-state index is 11.8. The fraction of sp³-hybridized carbons (Fsp3) is 0.286. The lowest BCUT2D eigenvalue weighted by Gasteiger charge is -2.08. The molecule has 2 aromatic rings. The lowest BCUT2D eigenvalue weighted by atomic mass is 10.3. The largest absolute Gasteiger partial charge is 0.470 e. The van der Waals surface area contributed by atoms with E-state index in [1.54, 1.807) is 30.5 Å². The highest BCUT2D eigenvalue weighted by Gasteiger charge is 2.24. The SMILES string of the molecule is O=C(NC1CC1)c1ccn(COc2ccc(Cl)cc2Cl)n1. The molecule has 110 valence electrons. The lowest BCUT2D eigenvalue weighted by Crippen LogP contribution is -2.26. The molecule has 1 aromatic heterocycles. The van der Waals surface area contributed by atoms with E-state index in [1.807, 2.05) is 0 Å². The van der Waals surface area contributed by atoms with Crippen molar-refractivity contribution in [3.8, 4) is 5.75 Å². The average Bonchev–Trinajstić information content (AvgIpc) is 3.13. The number of rotatable bonds is 5. The van der Waals surface area contributed by atoms with E-state index in [4.69, 9.17) is 27.9 Å². The molecule has 0 spiro atoms. The zero-order valence-corrected chi connectivity index (χ0v) is 12.6. The van der Waals surface area contributed by atoms with Crippen LogP contribution in [0.4, 0.5) is 0 Å². The normalized spacial score (nSPS) is 14.0. The molecule has 1 saturated carbocycles. The van der Waals surface area contributed by atoms with Gasteiger partial charge in [0.2, 0.25) is 0 Å². The Labute approximate surface area is 131 Å². The third kappa shape index (κ3) is 3.68. The van der Waals surface area contributed by atoms with Crippen molar-refractivity contribution in [2.45, 2.75) is 25.6 Å². The van der Waals surface area contributed by atoms with Crippen LogP contribution < -0.4 is 10.1 Å². The van der Waals surface area contributed by atoms with Gasteiger partial charge in [-0.1, -0.05) is 23.2 Å². The minimum Gasteiger partial charge on any atom is -0.470 e. The van der Waals surface area contributed by atoms with Gasteiger partial charge in [-0.15, -0.1) is 0 Å². The average molecular weight is 326 g/mol. The maximum Gasteiger partial charge on any atom is 0.271 e. The second-order valence-corrected chi connectivity index (χ2v) is 5.68. The third-order valence-corrected chi connectivity index (χ3v) is 3.56. The first kappa shape index (κ1) is 14.2. The summed E-state index contributed by atoms with van der Waals surface area (Å²) in [6.45, 7) is 0.165. The van der Waals surface area contributed by atoms with Crippen molar-refractivity contribution in [3.63, 3.8) is 0 Å². The van der Waals surface area contributed by atoms with Crippen LogP contribution in [0.1, 0.15) is 23.3 Å². The van der Waals surface area contributed by atoms with Gasteiger partial charge in [-0.25, -0.2) is 4.68 Å². The number of benzene rings is 1. The molecule has 1 amide bonds. The molecule has 7 heteroatoms. The third-order valence-electron chi connectivity index (χ3n) is 3.03. The van der Waals surface area contributed by atoms with Crippen molar-refractivity contribution in [1.29, 1.82) is 0 Å². The summed E-state index contributed by atoms with van der Waals surface area (Å²) >= 11 is 11.8. The zero-order valence-electron chi connectivity index (χ0n) is 11.1. The first-order chi connectivity index (χ1) is 10.1. The Kier molecular flexibility index (Phi) is 4.03. The summed E-state index contributed by atoms with van der Waals surface area (Å²) in [6, 6.07) is 6.96. The fourth-order valence-corrected chi connectivity index (χ4v) is 2.23. The fourth-order valence-electron chi connectivity index (χ4n) is 1.77. The van der Waals surface area contributed by atoms with E-state index in [0.717, 1.165) is 12.8 Å². The number of amides is 1. The van der Waals surface area contributed by atoms with Crippen LogP contribution in [0.5, 0.6) is 5.75 Å². The van der Waals surface area contributed by atoms with Crippen molar-refractivity contribution in [3.05, 3.63) is 46.2 Å². The predicted octanol–water partition coefficient (Wildman–Crippen LogP) is 3.12. The number of hydrogen-bond donors (Lipinski definition) is 1. The highest BCUT2D eigenvalue weighted by molar-refractivity contribution is 6.35. The first-order valence-electron chi connectivity index (χ1n) is 6.54. The molecule has 0 radical (unpaired) electrons. The molecule has 0 saturated heterocycles. The number of hydrogen-bond acceptors (Lipinski definition) is 3. The van der Waals surface area contributed by atoms with Gasteiger partial charge >= 0.3 is 0 Å². The molecule has 21 heavy (non-hydrogen) atoms. The van der Waals surface area contributed by atoms with Crippen LogP contribution in [-0.2, 0) is 6.73 Å². The molecule has 1 N–H and O–H groups in total. The molecular weight excluding hydrogens is 313 g/mol. The highest BCUT2D eigenvalue weighted by Crippen LogP contribution is 2.27. The molecule has 1 fully saturated rings. The van der Waals surface area contributed by atoms with Crippen LogP contribution in [0.3, 0.4) is 0 Å². The Morgan fingerprint density at radius 2 is 2.19 bits per heavy atom. The molecule has 1 heterocycles. The van der Waals surface area contributed by atoms with Crippen LogP contribution in [-0.4, -0.2) is 21.7 Å². The Morgan fingerprint density at radius 3 is 2.90 bits per heavy atom. The smallest absolute Gasteiger partial charge is 0.271 e. The van der Waals surface area contributed by atoms with Gasteiger partial charge < -0.3 is 10.1 Å². The Bertz CT molecular complexity index is 668. The maximum absolute atomic E-state index is 11.8. The minimum atomic E-state index is -0.152. The summed E-state index contributed by atoms with van der Waals surface area (Å²) in [5, 5.41) is 8.02. The molecule has 0 atom stereocenters. The predicted molar refractivity (Wildman–Crippen MR) is 79.8 cm³/mol. The molecule has 1 aliphatic rings. The second-order valence-electron chi connectivity index (χ2n) is 4.84. The molecular formula is C14H13Cl2N3O2. The van der Waals surface area contributed by atoms with Crippen molar-refractivity contribution in [2.24, 2.45) is 0 Å². The van der Waals surface area contributed by atoms with Gasteiger partial charge in [0.05, 0.1) is 5.02 Å². The number of nitrogens with one attached hydrogen (secondary N) is 1. The summed E-state index contributed by atoms with van der Waals surface area (Å²) in [6.07, 6.45) is 3.78. The van der Waals surface area contributed by atoms with Crippen molar-refractivity contribution >= 4 is 29.1 Å².